The Balaban J connectivity index is 1.69. The molecule has 0 atom stereocenters. The van der Waals surface area contributed by atoms with Crippen LogP contribution in [-0.2, 0) is 9.53 Å². The number of carbonyl (C=O) groups excluding carboxylic acids is 1. The summed E-state index contributed by atoms with van der Waals surface area (Å²) in [6.45, 7) is 5.92. The first kappa shape index (κ1) is 24.4. The Hall–Kier alpha value is -3.20. The van der Waals surface area contributed by atoms with Crippen LogP contribution in [-0.4, -0.2) is 30.0 Å². The highest BCUT2D eigenvalue weighted by molar-refractivity contribution is 7.11. The molecule has 0 saturated heterocycles. The van der Waals surface area contributed by atoms with E-state index in [2.05, 4.69) is 31.6 Å². The summed E-state index contributed by atoms with van der Waals surface area (Å²) >= 11 is 1.23. The van der Waals surface area contributed by atoms with Crippen LogP contribution in [0.25, 0.3) is 10.9 Å². The van der Waals surface area contributed by atoms with Gasteiger partial charge in [-0.25, -0.2) is 0 Å². The molecular weight excluding hydrogens is 438 g/mol. The number of hydrogen-bond acceptors (Lipinski definition) is 9. The summed E-state index contributed by atoms with van der Waals surface area (Å²) in [6, 6.07) is 12.9. The molecule has 0 unspecified atom stereocenters. The lowest BCUT2D eigenvalue weighted by Crippen LogP contribution is -2.27. The summed E-state index contributed by atoms with van der Waals surface area (Å²) in [5, 5.41) is 13.0. The van der Waals surface area contributed by atoms with Gasteiger partial charge in [-0.05, 0) is 72.5 Å². The molecule has 0 saturated carbocycles. The van der Waals surface area contributed by atoms with Gasteiger partial charge in [0.05, 0.1) is 24.2 Å². The van der Waals surface area contributed by atoms with E-state index in [1.54, 1.807) is 18.2 Å². The summed E-state index contributed by atoms with van der Waals surface area (Å²) in [4.78, 5) is 24.9. The molecular formula is C24H29N5O3S. The third-order valence-electron chi connectivity index (χ3n) is 5.19. The van der Waals surface area contributed by atoms with E-state index in [1.807, 2.05) is 31.2 Å². The van der Waals surface area contributed by atoms with Crippen LogP contribution < -0.4 is 4.90 Å². The Kier molecular flexibility index (Phi) is 9.44. The van der Waals surface area contributed by atoms with E-state index in [0.29, 0.717) is 35.9 Å². The topological polar surface area (TPSA) is 96.6 Å². The number of unbranched alkanes of at least 4 members (excludes halogenated alkanes) is 3. The van der Waals surface area contributed by atoms with Crippen molar-refractivity contribution >= 4 is 50.5 Å². The van der Waals surface area contributed by atoms with Crippen molar-refractivity contribution in [2.24, 2.45) is 15.4 Å². The van der Waals surface area contributed by atoms with Crippen molar-refractivity contribution in [2.75, 3.05) is 24.6 Å². The van der Waals surface area contributed by atoms with Gasteiger partial charge in [0.1, 0.15) is 5.69 Å². The van der Waals surface area contributed by atoms with Gasteiger partial charge in [0, 0.05) is 24.2 Å². The molecule has 174 valence electrons. The van der Waals surface area contributed by atoms with Crippen molar-refractivity contribution < 1.29 is 9.53 Å². The Morgan fingerprint density at radius 1 is 1.00 bits per heavy atom. The van der Waals surface area contributed by atoms with Crippen molar-refractivity contribution in [3.05, 3.63) is 47.4 Å². The van der Waals surface area contributed by atoms with Gasteiger partial charge in [-0.1, -0.05) is 26.2 Å². The van der Waals surface area contributed by atoms with Crippen LogP contribution in [0.4, 0.5) is 22.1 Å². The fraction of sp³-hybridized carbons (Fsp3) is 0.417. The number of hydrogen-bond donors (Lipinski definition) is 0. The number of azo groups is 1. The van der Waals surface area contributed by atoms with Crippen molar-refractivity contribution in [1.82, 2.24) is 4.37 Å². The van der Waals surface area contributed by atoms with Crippen LogP contribution in [0.5, 0.6) is 0 Å². The van der Waals surface area contributed by atoms with E-state index in [4.69, 9.17) is 4.74 Å². The van der Waals surface area contributed by atoms with E-state index in [-0.39, 0.29) is 5.97 Å². The van der Waals surface area contributed by atoms with Gasteiger partial charge in [0.25, 0.3) is 0 Å². The molecule has 3 rings (SSSR count). The molecule has 33 heavy (non-hydrogen) atoms. The lowest BCUT2D eigenvalue weighted by Gasteiger charge is -2.24. The van der Waals surface area contributed by atoms with E-state index in [1.165, 1.54) is 30.8 Å². The zero-order valence-electron chi connectivity index (χ0n) is 19.1. The summed E-state index contributed by atoms with van der Waals surface area (Å²) in [5.41, 5.74) is 2.85. The Labute approximate surface area is 197 Å². The van der Waals surface area contributed by atoms with Gasteiger partial charge in [-0.15, -0.1) is 15.1 Å². The molecule has 1 aromatic heterocycles. The monoisotopic (exact) mass is 467 g/mol. The van der Waals surface area contributed by atoms with E-state index in [0.717, 1.165) is 29.6 Å². The maximum Gasteiger partial charge on any atom is 0.307 e. The number of anilines is 1. The molecule has 3 aromatic rings. The predicted octanol–water partition coefficient (Wildman–Crippen LogP) is 7.45. The van der Waals surface area contributed by atoms with Crippen LogP contribution in [0.1, 0.15) is 46.0 Å². The molecule has 0 amide bonds. The van der Waals surface area contributed by atoms with Gasteiger partial charge in [-0.2, -0.15) is 4.37 Å². The normalized spacial score (nSPS) is 11.2. The maximum atomic E-state index is 11.8. The average molecular weight is 468 g/mol. The van der Waals surface area contributed by atoms with Gasteiger partial charge >= 0.3 is 5.97 Å². The zero-order chi connectivity index (χ0) is 23.5. The van der Waals surface area contributed by atoms with Crippen LogP contribution in [0.15, 0.2) is 57.9 Å². The summed E-state index contributed by atoms with van der Waals surface area (Å²) in [7, 11) is 0. The van der Waals surface area contributed by atoms with E-state index < -0.39 is 0 Å². The molecule has 8 nitrogen and oxygen atoms in total. The van der Waals surface area contributed by atoms with E-state index in [9.17, 15) is 9.70 Å². The number of nitroso groups, excluding NO2 is 1. The second-order valence-electron chi connectivity index (χ2n) is 7.60. The minimum absolute atomic E-state index is 0.175. The molecule has 0 fully saturated rings. The standard InChI is InChI=1S/C24H29N5O3S/c1-3-5-6-7-15-29(16-14-23(30)32-4-2)20-11-8-18(9-12-20)25-26-24-21-17-19(27-31)10-13-22(21)28-33-24/h8-13,17H,3-7,14-16H2,1-2H3. The van der Waals surface area contributed by atoms with Crippen molar-refractivity contribution in [3.63, 3.8) is 0 Å². The lowest BCUT2D eigenvalue weighted by atomic mass is 10.2. The number of fused-ring (bicyclic) bond motifs is 1. The average Bonchev–Trinajstić information content (AvgIpc) is 3.25. The number of aromatic nitrogens is 1. The van der Waals surface area contributed by atoms with Gasteiger partial charge < -0.3 is 9.64 Å². The van der Waals surface area contributed by atoms with Gasteiger partial charge in [0.2, 0.25) is 0 Å². The smallest absolute Gasteiger partial charge is 0.307 e. The fourth-order valence-electron chi connectivity index (χ4n) is 3.44. The first-order valence-corrected chi connectivity index (χ1v) is 12.1. The molecule has 0 spiro atoms. The van der Waals surface area contributed by atoms with Gasteiger partial charge in [0.15, 0.2) is 5.00 Å². The highest BCUT2D eigenvalue weighted by Crippen LogP contribution is 2.34. The number of rotatable bonds is 13. The van der Waals surface area contributed by atoms with E-state index >= 15 is 0 Å². The van der Waals surface area contributed by atoms with Crippen molar-refractivity contribution in [3.8, 4) is 0 Å². The Morgan fingerprint density at radius 2 is 1.79 bits per heavy atom. The molecule has 0 aliphatic heterocycles. The largest absolute Gasteiger partial charge is 0.466 e. The highest BCUT2D eigenvalue weighted by atomic mass is 32.1. The number of nitrogens with zero attached hydrogens (tertiary/aromatic N) is 5. The summed E-state index contributed by atoms with van der Waals surface area (Å²) in [6.07, 6.45) is 5.00. The number of carbonyl (C=O) groups is 1. The first-order valence-electron chi connectivity index (χ1n) is 11.3. The van der Waals surface area contributed by atoms with Crippen LogP contribution in [0.2, 0.25) is 0 Å². The third-order valence-corrected chi connectivity index (χ3v) is 5.95. The molecule has 1 heterocycles. The number of benzene rings is 2. The third kappa shape index (κ3) is 7.15. The molecule has 0 radical (unpaired) electrons. The Morgan fingerprint density at radius 3 is 2.52 bits per heavy atom. The number of ether oxygens (including phenoxy) is 1. The SMILES string of the molecule is CCCCCCN(CCC(=O)OCC)c1ccc(N=Nc2snc3ccc(N=O)cc23)cc1. The van der Waals surface area contributed by atoms with Crippen LogP contribution in [0, 0.1) is 4.91 Å². The zero-order valence-corrected chi connectivity index (χ0v) is 19.9. The second kappa shape index (κ2) is 12.7. The first-order chi connectivity index (χ1) is 16.1. The lowest BCUT2D eigenvalue weighted by molar-refractivity contribution is -0.142. The molecule has 0 aliphatic rings. The van der Waals surface area contributed by atoms with Crippen molar-refractivity contribution in [2.45, 2.75) is 46.0 Å². The fourth-order valence-corrected chi connectivity index (χ4v) is 4.12. The molecule has 9 heteroatoms. The summed E-state index contributed by atoms with van der Waals surface area (Å²) in [5.74, 6) is -0.175. The van der Waals surface area contributed by atoms with Gasteiger partial charge in [-0.3, -0.25) is 4.79 Å². The molecule has 0 aliphatic carbocycles. The van der Waals surface area contributed by atoms with Crippen LogP contribution >= 0.6 is 11.5 Å². The van der Waals surface area contributed by atoms with Crippen molar-refractivity contribution in [1.29, 1.82) is 0 Å². The quantitative estimate of drug-likeness (QED) is 0.113. The summed E-state index contributed by atoms with van der Waals surface area (Å²) < 4.78 is 9.42. The highest BCUT2D eigenvalue weighted by Gasteiger charge is 2.11. The predicted molar refractivity (Wildman–Crippen MR) is 133 cm³/mol. The second-order valence-corrected chi connectivity index (χ2v) is 8.35. The minimum Gasteiger partial charge on any atom is -0.466 e. The number of esters is 1. The maximum absolute atomic E-state index is 11.8. The molecule has 0 bridgehead atoms. The minimum atomic E-state index is -0.175. The molecule has 0 N–H and O–H groups in total. The Bertz CT molecular complexity index is 1080. The molecule has 2 aromatic carbocycles. The van der Waals surface area contributed by atoms with Crippen LogP contribution in [0.3, 0.4) is 0 Å².